The van der Waals surface area contributed by atoms with Crippen LogP contribution in [0.4, 0.5) is 13.6 Å². The van der Waals surface area contributed by atoms with Gasteiger partial charge >= 0.3 is 6.03 Å². The minimum absolute atomic E-state index is 0.104. The van der Waals surface area contributed by atoms with E-state index in [2.05, 4.69) is 5.32 Å². The summed E-state index contributed by atoms with van der Waals surface area (Å²) in [6, 6.07) is 11.5. The van der Waals surface area contributed by atoms with E-state index in [0.29, 0.717) is 12.8 Å². The second kappa shape index (κ2) is 7.26. The lowest BCUT2D eigenvalue weighted by molar-refractivity contribution is -0.130. The topological polar surface area (TPSA) is 66.5 Å². The smallest absolute Gasteiger partial charge is 0.323 e. The summed E-state index contributed by atoms with van der Waals surface area (Å²) in [5.74, 6) is -3.40. The SMILES string of the molecule is C[C@@]1(CCc2ccccc2)NC(=O)N(CC(=O)c2ccc(F)c(F)c2)C1=O. The molecule has 2 aromatic carbocycles. The summed E-state index contributed by atoms with van der Waals surface area (Å²) >= 11 is 0. The van der Waals surface area contributed by atoms with Gasteiger partial charge in [-0.2, -0.15) is 0 Å². The van der Waals surface area contributed by atoms with Crippen LogP contribution in [0.1, 0.15) is 29.3 Å². The molecule has 7 heteroatoms. The Labute approximate surface area is 155 Å². The first kappa shape index (κ1) is 18.7. The number of ketones is 1. The molecule has 1 heterocycles. The van der Waals surface area contributed by atoms with Crippen molar-refractivity contribution < 1.29 is 23.2 Å². The Morgan fingerprint density at radius 2 is 1.78 bits per heavy atom. The van der Waals surface area contributed by atoms with Gasteiger partial charge in [0, 0.05) is 5.56 Å². The molecule has 1 aliphatic rings. The molecular weight excluding hydrogens is 354 g/mol. The van der Waals surface area contributed by atoms with Crippen LogP contribution in [-0.4, -0.2) is 34.7 Å². The van der Waals surface area contributed by atoms with Crippen molar-refractivity contribution >= 4 is 17.7 Å². The van der Waals surface area contributed by atoms with E-state index in [0.717, 1.165) is 28.7 Å². The predicted octanol–water partition coefficient (Wildman–Crippen LogP) is 3.09. The molecule has 1 aliphatic heterocycles. The van der Waals surface area contributed by atoms with Crippen molar-refractivity contribution in [3.8, 4) is 0 Å². The summed E-state index contributed by atoms with van der Waals surface area (Å²) in [5.41, 5.74) is -0.203. The number of hydrogen-bond donors (Lipinski definition) is 1. The normalized spacial score (nSPS) is 19.3. The van der Waals surface area contributed by atoms with Gasteiger partial charge < -0.3 is 5.32 Å². The minimum Gasteiger partial charge on any atom is -0.323 e. The average Bonchev–Trinajstić information content (AvgIpc) is 2.86. The Bertz CT molecular complexity index is 901. The van der Waals surface area contributed by atoms with Crippen molar-refractivity contribution in [3.63, 3.8) is 0 Å². The van der Waals surface area contributed by atoms with E-state index in [-0.39, 0.29) is 5.56 Å². The lowest BCUT2D eigenvalue weighted by atomic mass is 9.93. The fourth-order valence-electron chi connectivity index (χ4n) is 3.00. The van der Waals surface area contributed by atoms with E-state index in [4.69, 9.17) is 0 Å². The monoisotopic (exact) mass is 372 g/mol. The van der Waals surface area contributed by atoms with Crippen LogP contribution >= 0.6 is 0 Å². The van der Waals surface area contributed by atoms with Crippen LogP contribution in [0.25, 0.3) is 0 Å². The van der Waals surface area contributed by atoms with Crippen LogP contribution in [-0.2, 0) is 11.2 Å². The molecule has 5 nitrogen and oxygen atoms in total. The summed E-state index contributed by atoms with van der Waals surface area (Å²) in [4.78, 5) is 38.0. The number of urea groups is 1. The van der Waals surface area contributed by atoms with Gasteiger partial charge in [-0.25, -0.2) is 13.6 Å². The van der Waals surface area contributed by atoms with Crippen LogP contribution in [0.15, 0.2) is 48.5 Å². The van der Waals surface area contributed by atoms with E-state index < -0.39 is 41.4 Å². The number of aryl methyl sites for hydroxylation is 1. The first-order valence-electron chi connectivity index (χ1n) is 8.46. The molecule has 0 spiro atoms. The second-order valence-corrected chi connectivity index (χ2v) is 6.69. The molecule has 1 atom stereocenters. The lowest BCUT2D eigenvalue weighted by Gasteiger charge is -2.21. The molecule has 0 radical (unpaired) electrons. The van der Waals surface area contributed by atoms with Gasteiger partial charge in [0.1, 0.15) is 5.54 Å². The number of imide groups is 1. The molecule has 3 amide bonds. The van der Waals surface area contributed by atoms with Gasteiger partial charge in [0.15, 0.2) is 17.4 Å². The summed E-state index contributed by atoms with van der Waals surface area (Å²) in [5, 5.41) is 2.63. The fourth-order valence-corrected chi connectivity index (χ4v) is 3.00. The molecule has 27 heavy (non-hydrogen) atoms. The van der Waals surface area contributed by atoms with Gasteiger partial charge in [-0.15, -0.1) is 0 Å². The summed E-state index contributed by atoms with van der Waals surface area (Å²) < 4.78 is 26.3. The molecule has 0 aliphatic carbocycles. The van der Waals surface area contributed by atoms with E-state index in [1.165, 1.54) is 0 Å². The van der Waals surface area contributed by atoms with Crippen molar-refractivity contribution in [2.75, 3.05) is 6.54 Å². The molecule has 2 aromatic rings. The number of amides is 3. The Morgan fingerprint density at radius 3 is 2.44 bits per heavy atom. The zero-order valence-electron chi connectivity index (χ0n) is 14.7. The first-order chi connectivity index (χ1) is 12.8. The van der Waals surface area contributed by atoms with E-state index in [9.17, 15) is 23.2 Å². The summed E-state index contributed by atoms with van der Waals surface area (Å²) in [7, 11) is 0. The molecule has 140 valence electrons. The highest BCUT2D eigenvalue weighted by Crippen LogP contribution is 2.24. The molecule has 0 aromatic heterocycles. The maximum absolute atomic E-state index is 13.3. The van der Waals surface area contributed by atoms with Gasteiger partial charge in [-0.3, -0.25) is 14.5 Å². The quantitative estimate of drug-likeness (QED) is 0.626. The van der Waals surface area contributed by atoms with Crippen LogP contribution < -0.4 is 5.32 Å². The van der Waals surface area contributed by atoms with Crippen molar-refractivity contribution in [2.45, 2.75) is 25.3 Å². The highest BCUT2D eigenvalue weighted by Gasteiger charge is 2.47. The van der Waals surface area contributed by atoms with Crippen molar-refractivity contribution in [3.05, 3.63) is 71.3 Å². The van der Waals surface area contributed by atoms with Crippen molar-refractivity contribution in [2.24, 2.45) is 0 Å². The maximum atomic E-state index is 13.3. The van der Waals surface area contributed by atoms with Gasteiger partial charge in [0.05, 0.1) is 6.54 Å². The average molecular weight is 372 g/mol. The molecule has 0 bridgehead atoms. The zero-order chi connectivity index (χ0) is 19.6. The van der Waals surface area contributed by atoms with E-state index in [1.54, 1.807) is 6.92 Å². The highest BCUT2D eigenvalue weighted by molar-refractivity contribution is 6.11. The Kier molecular flexibility index (Phi) is 5.03. The zero-order valence-corrected chi connectivity index (χ0v) is 14.7. The van der Waals surface area contributed by atoms with E-state index >= 15 is 0 Å². The molecule has 3 rings (SSSR count). The number of nitrogens with one attached hydrogen (secondary N) is 1. The Morgan fingerprint density at radius 1 is 1.07 bits per heavy atom. The van der Waals surface area contributed by atoms with Crippen molar-refractivity contribution in [1.82, 2.24) is 10.2 Å². The third kappa shape index (κ3) is 3.86. The number of hydrogen-bond acceptors (Lipinski definition) is 3. The molecule has 0 saturated carbocycles. The largest absolute Gasteiger partial charge is 0.325 e. The van der Waals surface area contributed by atoms with Crippen LogP contribution in [0.5, 0.6) is 0 Å². The third-order valence-electron chi connectivity index (χ3n) is 4.64. The number of Topliss-reactive ketones (excluding diaryl/α,β-unsaturated/α-hetero) is 1. The first-order valence-corrected chi connectivity index (χ1v) is 8.46. The van der Waals surface area contributed by atoms with Crippen LogP contribution in [0.2, 0.25) is 0 Å². The molecule has 0 unspecified atom stereocenters. The maximum Gasteiger partial charge on any atom is 0.325 e. The van der Waals surface area contributed by atoms with Crippen LogP contribution in [0, 0.1) is 11.6 Å². The molecule has 1 fully saturated rings. The molecule has 1 saturated heterocycles. The fraction of sp³-hybridized carbons (Fsp3) is 0.250. The number of benzene rings is 2. The lowest BCUT2D eigenvalue weighted by Crippen LogP contribution is -2.44. The molecular formula is C20H18F2N2O3. The second-order valence-electron chi connectivity index (χ2n) is 6.69. The third-order valence-corrected chi connectivity index (χ3v) is 4.64. The van der Waals surface area contributed by atoms with Gasteiger partial charge in [0.25, 0.3) is 5.91 Å². The standard InChI is InChI=1S/C20H18F2N2O3/c1-20(10-9-13-5-3-2-4-6-13)18(26)24(19(27)23-20)12-17(25)14-7-8-15(21)16(22)11-14/h2-8,11H,9-10,12H2,1H3,(H,23,27)/t20-/m0/s1. The number of carbonyl (C=O) groups excluding carboxylic acids is 3. The number of nitrogens with zero attached hydrogens (tertiary/aromatic N) is 1. The van der Waals surface area contributed by atoms with E-state index in [1.807, 2.05) is 30.3 Å². The van der Waals surface area contributed by atoms with Gasteiger partial charge in [-0.05, 0) is 43.5 Å². The Balaban J connectivity index is 1.69. The minimum atomic E-state index is -1.16. The Hall–Kier alpha value is -3.09. The summed E-state index contributed by atoms with van der Waals surface area (Å²) in [6.45, 7) is 1.08. The highest BCUT2D eigenvalue weighted by atomic mass is 19.2. The number of rotatable bonds is 6. The predicted molar refractivity (Wildman–Crippen MR) is 94.1 cm³/mol. The molecule has 1 N–H and O–H groups in total. The van der Waals surface area contributed by atoms with Gasteiger partial charge in [-0.1, -0.05) is 30.3 Å². The number of carbonyl (C=O) groups is 3. The van der Waals surface area contributed by atoms with Crippen molar-refractivity contribution in [1.29, 1.82) is 0 Å². The number of halogens is 2. The van der Waals surface area contributed by atoms with Crippen LogP contribution in [0.3, 0.4) is 0 Å². The van der Waals surface area contributed by atoms with Gasteiger partial charge in [0.2, 0.25) is 0 Å². The summed E-state index contributed by atoms with van der Waals surface area (Å²) in [6.07, 6.45) is 0.950.